The summed E-state index contributed by atoms with van der Waals surface area (Å²) in [7, 11) is 2.58. The zero-order valence-corrected chi connectivity index (χ0v) is 15.6. The summed E-state index contributed by atoms with van der Waals surface area (Å²) in [5, 5.41) is 6.41. The van der Waals surface area contributed by atoms with Crippen LogP contribution in [0.5, 0.6) is 0 Å². The van der Waals surface area contributed by atoms with E-state index in [0.29, 0.717) is 16.4 Å². The SMILES string of the molecule is COC(=O)c1ccc(C(=O)OC)c(NC(=S)NC(C)c2ccccc2)c1. The topological polar surface area (TPSA) is 76.7 Å². The van der Waals surface area contributed by atoms with Crippen LogP contribution in [0.15, 0.2) is 48.5 Å². The lowest BCUT2D eigenvalue weighted by Crippen LogP contribution is -2.31. The molecule has 2 N–H and O–H groups in total. The van der Waals surface area contributed by atoms with Gasteiger partial charge in [-0.2, -0.15) is 0 Å². The Kier molecular flexibility index (Phi) is 6.68. The van der Waals surface area contributed by atoms with Crippen molar-refractivity contribution in [2.75, 3.05) is 19.5 Å². The molecular formula is C19H20N2O4S. The fourth-order valence-corrected chi connectivity index (χ4v) is 2.65. The maximum absolute atomic E-state index is 12.0. The molecule has 0 aliphatic carbocycles. The Morgan fingerprint density at radius 2 is 1.65 bits per heavy atom. The number of hydrogen-bond donors (Lipinski definition) is 2. The van der Waals surface area contributed by atoms with E-state index in [0.717, 1.165) is 5.56 Å². The van der Waals surface area contributed by atoms with Crippen molar-refractivity contribution < 1.29 is 19.1 Å². The van der Waals surface area contributed by atoms with Crippen molar-refractivity contribution in [2.24, 2.45) is 0 Å². The first-order valence-corrected chi connectivity index (χ1v) is 8.30. The lowest BCUT2D eigenvalue weighted by Gasteiger charge is -2.18. The van der Waals surface area contributed by atoms with Gasteiger partial charge in [-0.25, -0.2) is 9.59 Å². The molecule has 26 heavy (non-hydrogen) atoms. The van der Waals surface area contributed by atoms with E-state index in [1.807, 2.05) is 37.3 Å². The third-order valence-corrected chi connectivity index (χ3v) is 3.96. The number of carbonyl (C=O) groups is 2. The second-order valence-electron chi connectivity index (χ2n) is 5.47. The fourth-order valence-electron chi connectivity index (χ4n) is 2.36. The van der Waals surface area contributed by atoms with Gasteiger partial charge in [-0.3, -0.25) is 0 Å². The summed E-state index contributed by atoms with van der Waals surface area (Å²) in [6, 6.07) is 14.2. The molecule has 0 spiro atoms. The molecule has 1 atom stereocenters. The van der Waals surface area contributed by atoms with Crippen LogP contribution in [0.4, 0.5) is 5.69 Å². The largest absolute Gasteiger partial charge is 0.465 e. The van der Waals surface area contributed by atoms with Crippen LogP contribution in [0.25, 0.3) is 0 Å². The zero-order valence-electron chi connectivity index (χ0n) is 14.7. The van der Waals surface area contributed by atoms with E-state index in [4.69, 9.17) is 21.7 Å². The highest BCUT2D eigenvalue weighted by atomic mass is 32.1. The molecule has 0 amide bonds. The normalized spacial score (nSPS) is 11.2. The lowest BCUT2D eigenvalue weighted by molar-refractivity contribution is 0.0587. The number of methoxy groups -OCH3 is 2. The van der Waals surface area contributed by atoms with Crippen molar-refractivity contribution in [3.8, 4) is 0 Å². The molecule has 0 saturated carbocycles. The maximum Gasteiger partial charge on any atom is 0.339 e. The summed E-state index contributed by atoms with van der Waals surface area (Å²) in [5.41, 5.74) is 1.98. The summed E-state index contributed by atoms with van der Waals surface area (Å²) >= 11 is 5.34. The van der Waals surface area contributed by atoms with Crippen LogP contribution in [0.2, 0.25) is 0 Å². The lowest BCUT2D eigenvalue weighted by atomic mass is 10.1. The third-order valence-electron chi connectivity index (χ3n) is 3.74. The van der Waals surface area contributed by atoms with Crippen molar-refractivity contribution in [1.82, 2.24) is 5.32 Å². The highest BCUT2D eigenvalue weighted by molar-refractivity contribution is 7.80. The molecule has 2 aromatic rings. The minimum atomic E-state index is -0.539. The second-order valence-corrected chi connectivity index (χ2v) is 5.88. The van der Waals surface area contributed by atoms with Gasteiger partial charge in [0.25, 0.3) is 0 Å². The molecule has 0 saturated heterocycles. The van der Waals surface area contributed by atoms with E-state index >= 15 is 0 Å². The molecule has 1 unspecified atom stereocenters. The molecule has 0 aliphatic heterocycles. The predicted molar refractivity (Wildman–Crippen MR) is 103 cm³/mol. The average Bonchev–Trinajstić information content (AvgIpc) is 2.67. The first-order chi connectivity index (χ1) is 12.5. The Balaban J connectivity index is 2.21. The minimum absolute atomic E-state index is 0.0402. The molecular weight excluding hydrogens is 352 g/mol. The summed E-state index contributed by atoms with van der Waals surface area (Å²) in [5.74, 6) is -1.05. The van der Waals surface area contributed by atoms with Gasteiger partial charge in [0.1, 0.15) is 0 Å². The number of ether oxygens (including phenoxy) is 2. The minimum Gasteiger partial charge on any atom is -0.465 e. The predicted octanol–water partition coefficient (Wildman–Crippen LogP) is 3.31. The highest BCUT2D eigenvalue weighted by Gasteiger charge is 2.17. The van der Waals surface area contributed by atoms with Gasteiger partial charge in [-0.15, -0.1) is 0 Å². The monoisotopic (exact) mass is 372 g/mol. The van der Waals surface area contributed by atoms with E-state index in [-0.39, 0.29) is 11.6 Å². The number of esters is 2. The quantitative estimate of drug-likeness (QED) is 0.616. The Labute approximate surface area is 157 Å². The molecule has 7 heteroatoms. The molecule has 136 valence electrons. The standard InChI is InChI=1S/C19H20N2O4S/c1-12(13-7-5-4-6-8-13)20-19(26)21-16-11-14(17(22)24-2)9-10-15(16)18(23)25-3/h4-12H,1-3H3,(H2,20,21,26). The molecule has 0 aliphatic rings. The number of rotatable bonds is 5. The van der Waals surface area contributed by atoms with E-state index in [9.17, 15) is 9.59 Å². The molecule has 2 rings (SSSR count). The summed E-state index contributed by atoms with van der Waals surface area (Å²) in [6.45, 7) is 1.97. The van der Waals surface area contributed by atoms with Crippen LogP contribution in [-0.4, -0.2) is 31.3 Å². The van der Waals surface area contributed by atoms with Crippen molar-refractivity contribution in [3.05, 3.63) is 65.2 Å². The highest BCUT2D eigenvalue weighted by Crippen LogP contribution is 2.20. The Morgan fingerprint density at radius 1 is 1.00 bits per heavy atom. The van der Waals surface area contributed by atoms with Crippen LogP contribution >= 0.6 is 12.2 Å². The number of nitrogens with one attached hydrogen (secondary N) is 2. The maximum atomic E-state index is 12.0. The summed E-state index contributed by atoms with van der Waals surface area (Å²) < 4.78 is 9.49. The van der Waals surface area contributed by atoms with E-state index in [1.54, 1.807) is 0 Å². The van der Waals surface area contributed by atoms with Gasteiger partial charge in [-0.05, 0) is 42.9 Å². The first-order valence-electron chi connectivity index (χ1n) is 7.89. The molecule has 6 nitrogen and oxygen atoms in total. The Bertz CT molecular complexity index is 808. The second kappa shape index (κ2) is 8.96. The Hall–Kier alpha value is -2.93. The molecule has 0 heterocycles. The first kappa shape index (κ1) is 19.4. The van der Waals surface area contributed by atoms with Gasteiger partial charge in [0.05, 0.1) is 37.1 Å². The number of carbonyl (C=O) groups excluding carboxylic acids is 2. The number of benzene rings is 2. The van der Waals surface area contributed by atoms with Gasteiger partial charge >= 0.3 is 11.9 Å². The van der Waals surface area contributed by atoms with Gasteiger partial charge in [0.15, 0.2) is 5.11 Å². The van der Waals surface area contributed by atoms with Crippen LogP contribution < -0.4 is 10.6 Å². The van der Waals surface area contributed by atoms with Crippen LogP contribution in [-0.2, 0) is 9.47 Å². The molecule has 0 bridgehead atoms. The molecule has 0 radical (unpaired) electrons. The van der Waals surface area contributed by atoms with E-state index in [2.05, 4.69) is 10.6 Å². The van der Waals surface area contributed by atoms with Gasteiger partial charge in [-0.1, -0.05) is 30.3 Å². The van der Waals surface area contributed by atoms with Crippen molar-refractivity contribution in [2.45, 2.75) is 13.0 Å². The van der Waals surface area contributed by atoms with E-state index < -0.39 is 11.9 Å². The molecule has 2 aromatic carbocycles. The van der Waals surface area contributed by atoms with Crippen molar-refractivity contribution in [3.63, 3.8) is 0 Å². The molecule has 0 aromatic heterocycles. The smallest absolute Gasteiger partial charge is 0.339 e. The van der Waals surface area contributed by atoms with Crippen molar-refractivity contribution >= 4 is 35.0 Å². The van der Waals surface area contributed by atoms with Gasteiger partial charge < -0.3 is 20.1 Å². The van der Waals surface area contributed by atoms with Crippen LogP contribution in [0.3, 0.4) is 0 Å². The average molecular weight is 372 g/mol. The van der Waals surface area contributed by atoms with Gasteiger partial charge in [0.2, 0.25) is 0 Å². The van der Waals surface area contributed by atoms with E-state index in [1.165, 1.54) is 32.4 Å². The third kappa shape index (κ3) is 4.80. The number of hydrogen-bond acceptors (Lipinski definition) is 5. The summed E-state index contributed by atoms with van der Waals surface area (Å²) in [6.07, 6.45) is 0. The molecule has 0 fully saturated rings. The fraction of sp³-hybridized carbons (Fsp3) is 0.211. The van der Waals surface area contributed by atoms with Crippen molar-refractivity contribution in [1.29, 1.82) is 0 Å². The van der Waals surface area contributed by atoms with Gasteiger partial charge in [0, 0.05) is 0 Å². The number of anilines is 1. The van der Waals surface area contributed by atoms with Crippen LogP contribution in [0.1, 0.15) is 39.2 Å². The zero-order chi connectivity index (χ0) is 19.1. The van der Waals surface area contributed by atoms with Crippen LogP contribution in [0, 0.1) is 0 Å². The Morgan fingerprint density at radius 3 is 2.27 bits per heavy atom. The summed E-state index contributed by atoms with van der Waals surface area (Å²) in [4.78, 5) is 23.7. The number of thiocarbonyl (C=S) groups is 1.